The molecule has 1 saturated carbocycles. The largest absolute Gasteiger partial charge is 0.371 e. The highest BCUT2D eigenvalue weighted by atomic mass is 35.5. The molecule has 0 unspecified atom stereocenters. The third-order valence-corrected chi connectivity index (χ3v) is 5.89. The number of halogens is 1. The zero-order chi connectivity index (χ0) is 20.2. The van der Waals surface area contributed by atoms with E-state index in [1.54, 1.807) is 24.3 Å². The third-order valence-electron chi connectivity index (χ3n) is 5.65. The molecule has 2 aromatic rings. The predicted octanol–water partition coefficient (Wildman–Crippen LogP) is 3.88. The van der Waals surface area contributed by atoms with Gasteiger partial charge in [0, 0.05) is 41.9 Å². The van der Waals surface area contributed by atoms with Gasteiger partial charge in [-0.25, -0.2) is 0 Å². The third kappa shape index (κ3) is 5.10. The van der Waals surface area contributed by atoms with Crippen molar-refractivity contribution in [2.24, 2.45) is 5.92 Å². The van der Waals surface area contributed by atoms with Crippen molar-refractivity contribution in [3.05, 3.63) is 64.7 Å². The average molecular weight is 412 g/mol. The maximum absolute atomic E-state index is 12.6. The molecular formula is C23H26ClN3O2. The van der Waals surface area contributed by atoms with Crippen LogP contribution in [0.3, 0.4) is 0 Å². The Morgan fingerprint density at radius 3 is 2.45 bits per heavy atom. The standard InChI is InChI=1S/C23H26ClN3O2/c24-18-5-3-4-17(14-18)22(28)26-19-10-12-27(13-11-19)21-7-2-1-6-20(21)23(29)25-15-16-8-9-16/h1-7,14,16,19H,8-13,15H2,(H,25,29)(H,26,28). The Labute approximate surface area is 176 Å². The molecule has 1 aliphatic carbocycles. The van der Waals surface area contributed by atoms with Crippen LogP contribution in [0.1, 0.15) is 46.4 Å². The summed E-state index contributed by atoms with van der Waals surface area (Å²) in [4.78, 5) is 27.3. The molecule has 152 valence electrons. The number of nitrogens with one attached hydrogen (secondary N) is 2. The molecule has 0 spiro atoms. The molecule has 1 saturated heterocycles. The number of amides is 2. The molecule has 0 atom stereocenters. The fourth-order valence-corrected chi connectivity index (χ4v) is 3.95. The maximum atomic E-state index is 12.6. The van der Waals surface area contributed by atoms with Crippen LogP contribution < -0.4 is 15.5 Å². The van der Waals surface area contributed by atoms with E-state index in [1.807, 2.05) is 24.3 Å². The van der Waals surface area contributed by atoms with E-state index in [0.29, 0.717) is 16.5 Å². The van der Waals surface area contributed by atoms with E-state index >= 15 is 0 Å². The Hall–Kier alpha value is -2.53. The van der Waals surface area contributed by atoms with Crippen LogP contribution in [-0.4, -0.2) is 37.5 Å². The van der Waals surface area contributed by atoms with Crippen molar-refractivity contribution in [2.45, 2.75) is 31.7 Å². The first-order valence-corrected chi connectivity index (χ1v) is 10.7. The van der Waals surface area contributed by atoms with Gasteiger partial charge in [0.15, 0.2) is 0 Å². The fourth-order valence-electron chi connectivity index (χ4n) is 3.76. The smallest absolute Gasteiger partial charge is 0.253 e. The van der Waals surface area contributed by atoms with E-state index in [2.05, 4.69) is 15.5 Å². The highest BCUT2D eigenvalue weighted by Crippen LogP contribution is 2.28. The van der Waals surface area contributed by atoms with Crippen LogP contribution in [0.2, 0.25) is 5.02 Å². The summed E-state index contributed by atoms with van der Waals surface area (Å²) in [7, 11) is 0. The number of carbonyl (C=O) groups is 2. The first kappa shape index (κ1) is 19.8. The number of anilines is 1. The van der Waals surface area contributed by atoms with Gasteiger partial charge in [0.1, 0.15) is 0 Å². The summed E-state index contributed by atoms with van der Waals surface area (Å²) in [6.07, 6.45) is 4.11. The number of hydrogen-bond acceptors (Lipinski definition) is 3. The van der Waals surface area contributed by atoms with Crippen molar-refractivity contribution in [1.29, 1.82) is 0 Å². The molecule has 1 aliphatic heterocycles. The Morgan fingerprint density at radius 2 is 1.72 bits per heavy atom. The SMILES string of the molecule is O=C(NC1CCN(c2ccccc2C(=O)NCC2CC2)CC1)c1cccc(Cl)c1. The van der Waals surface area contributed by atoms with E-state index in [9.17, 15) is 9.59 Å². The minimum absolute atomic E-state index is 0.00359. The number of para-hydroxylation sites is 1. The molecule has 0 aromatic heterocycles. The van der Waals surface area contributed by atoms with E-state index in [1.165, 1.54) is 12.8 Å². The molecule has 29 heavy (non-hydrogen) atoms. The molecule has 2 aliphatic rings. The number of rotatable bonds is 6. The lowest BCUT2D eigenvalue weighted by molar-refractivity contribution is 0.0929. The van der Waals surface area contributed by atoms with Gasteiger partial charge in [-0.2, -0.15) is 0 Å². The highest BCUT2D eigenvalue weighted by molar-refractivity contribution is 6.30. The topological polar surface area (TPSA) is 61.4 Å². The Balaban J connectivity index is 1.34. The van der Waals surface area contributed by atoms with Crippen molar-refractivity contribution < 1.29 is 9.59 Å². The van der Waals surface area contributed by atoms with Crippen molar-refractivity contribution >= 4 is 29.1 Å². The summed E-state index contributed by atoms with van der Waals surface area (Å²) >= 11 is 5.98. The lowest BCUT2D eigenvalue weighted by atomic mass is 10.0. The van der Waals surface area contributed by atoms with Gasteiger partial charge >= 0.3 is 0 Å². The van der Waals surface area contributed by atoms with Crippen LogP contribution in [-0.2, 0) is 0 Å². The zero-order valence-corrected chi connectivity index (χ0v) is 17.1. The average Bonchev–Trinajstić information content (AvgIpc) is 3.57. The van der Waals surface area contributed by atoms with Crippen LogP contribution in [0.15, 0.2) is 48.5 Å². The van der Waals surface area contributed by atoms with Crippen LogP contribution >= 0.6 is 11.6 Å². The molecule has 2 fully saturated rings. The number of nitrogens with zero attached hydrogens (tertiary/aromatic N) is 1. The van der Waals surface area contributed by atoms with Gasteiger partial charge in [0.05, 0.1) is 5.56 Å². The van der Waals surface area contributed by atoms with Crippen molar-refractivity contribution in [3.8, 4) is 0 Å². The molecule has 5 nitrogen and oxygen atoms in total. The molecule has 2 amide bonds. The lowest BCUT2D eigenvalue weighted by Gasteiger charge is -2.35. The summed E-state index contributed by atoms with van der Waals surface area (Å²) in [6, 6.07) is 14.9. The summed E-state index contributed by atoms with van der Waals surface area (Å²) in [5.41, 5.74) is 2.28. The number of carbonyl (C=O) groups excluding carboxylic acids is 2. The van der Waals surface area contributed by atoms with Crippen LogP contribution in [0.25, 0.3) is 0 Å². The lowest BCUT2D eigenvalue weighted by Crippen LogP contribution is -2.45. The van der Waals surface area contributed by atoms with Crippen molar-refractivity contribution in [2.75, 3.05) is 24.5 Å². The highest BCUT2D eigenvalue weighted by Gasteiger charge is 2.25. The van der Waals surface area contributed by atoms with Crippen molar-refractivity contribution in [1.82, 2.24) is 10.6 Å². The summed E-state index contributed by atoms with van der Waals surface area (Å²) in [6.45, 7) is 2.37. The molecule has 1 heterocycles. The number of hydrogen-bond donors (Lipinski definition) is 2. The first-order valence-electron chi connectivity index (χ1n) is 10.3. The van der Waals surface area contributed by atoms with E-state index in [0.717, 1.165) is 43.7 Å². The molecule has 0 bridgehead atoms. The molecule has 4 rings (SSSR count). The van der Waals surface area contributed by atoms with Crippen LogP contribution in [0, 0.1) is 5.92 Å². The zero-order valence-electron chi connectivity index (χ0n) is 16.4. The normalized spacial score (nSPS) is 17.1. The molecular weight excluding hydrogens is 386 g/mol. The minimum Gasteiger partial charge on any atom is -0.371 e. The van der Waals surface area contributed by atoms with Crippen LogP contribution in [0.4, 0.5) is 5.69 Å². The van der Waals surface area contributed by atoms with E-state index < -0.39 is 0 Å². The quantitative estimate of drug-likeness (QED) is 0.758. The second kappa shape index (κ2) is 8.87. The van der Waals surface area contributed by atoms with Gasteiger partial charge in [-0.05, 0) is 61.9 Å². The molecule has 2 N–H and O–H groups in total. The van der Waals surface area contributed by atoms with E-state index in [-0.39, 0.29) is 17.9 Å². The molecule has 6 heteroatoms. The number of piperidine rings is 1. The Kier molecular flexibility index (Phi) is 6.05. The summed E-state index contributed by atoms with van der Waals surface area (Å²) < 4.78 is 0. The van der Waals surface area contributed by atoms with Gasteiger partial charge in [-0.3, -0.25) is 9.59 Å². The van der Waals surface area contributed by atoms with Gasteiger partial charge < -0.3 is 15.5 Å². The number of benzene rings is 2. The Bertz CT molecular complexity index is 889. The summed E-state index contributed by atoms with van der Waals surface area (Å²) in [5.74, 6) is 0.569. The summed E-state index contributed by atoms with van der Waals surface area (Å²) in [5, 5.41) is 6.73. The second-order valence-electron chi connectivity index (χ2n) is 7.92. The second-order valence-corrected chi connectivity index (χ2v) is 8.35. The minimum atomic E-state index is -0.0918. The fraction of sp³-hybridized carbons (Fsp3) is 0.391. The van der Waals surface area contributed by atoms with Crippen molar-refractivity contribution in [3.63, 3.8) is 0 Å². The van der Waals surface area contributed by atoms with E-state index in [4.69, 9.17) is 11.6 Å². The van der Waals surface area contributed by atoms with Crippen LogP contribution in [0.5, 0.6) is 0 Å². The van der Waals surface area contributed by atoms with Gasteiger partial charge in [0.2, 0.25) is 0 Å². The van der Waals surface area contributed by atoms with Gasteiger partial charge in [0.25, 0.3) is 11.8 Å². The predicted molar refractivity (Wildman–Crippen MR) is 116 cm³/mol. The maximum Gasteiger partial charge on any atom is 0.253 e. The molecule has 2 aromatic carbocycles. The monoisotopic (exact) mass is 411 g/mol. The first-order chi connectivity index (χ1) is 14.1. The van der Waals surface area contributed by atoms with Gasteiger partial charge in [-0.1, -0.05) is 29.8 Å². The Morgan fingerprint density at radius 1 is 0.966 bits per heavy atom. The van der Waals surface area contributed by atoms with Gasteiger partial charge in [-0.15, -0.1) is 0 Å². The molecule has 0 radical (unpaired) electrons.